The first kappa shape index (κ1) is 10.7. The fourth-order valence-electron chi connectivity index (χ4n) is 1.03. The predicted octanol–water partition coefficient (Wildman–Crippen LogP) is 1.80. The van der Waals surface area contributed by atoms with Crippen LogP contribution >= 0.6 is 0 Å². The van der Waals surface area contributed by atoms with Crippen LogP contribution in [0.4, 0.5) is 0 Å². The first-order chi connectivity index (χ1) is 6.72. The van der Waals surface area contributed by atoms with E-state index in [1.165, 1.54) is 6.92 Å². The Labute approximate surface area is 83.6 Å². The molecule has 0 amide bonds. The van der Waals surface area contributed by atoms with Crippen LogP contribution in [0.2, 0.25) is 0 Å². The lowest BCUT2D eigenvalue weighted by molar-refractivity contribution is -0.121. The van der Waals surface area contributed by atoms with Crippen LogP contribution in [0.25, 0.3) is 0 Å². The van der Waals surface area contributed by atoms with Crippen LogP contribution in [0.15, 0.2) is 24.3 Å². The van der Waals surface area contributed by atoms with E-state index < -0.39 is 0 Å². The minimum atomic E-state index is 0.0403. The van der Waals surface area contributed by atoms with Crippen LogP contribution in [0, 0.1) is 0 Å². The van der Waals surface area contributed by atoms with E-state index in [1.807, 2.05) is 24.3 Å². The first-order valence-electron chi connectivity index (χ1n) is 4.42. The Hall–Kier alpha value is -1.35. The molecule has 0 saturated heterocycles. The molecule has 0 aliphatic carbocycles. The lowest BCUT2D eigenvalue weighted by atomic mass is 10.2. The molecule has 14 heavy (non-hydrogen) atoms. The van der Waals surface area contributed by atoms with E-state index in [9.17, 15) is 4.79 Å². The topological polar surface area (TPSA) is 35.5 Å². The number of ether oxygens (including phenoxy) is 2. The van der Waals surface area contributed by atoms with Crippen molar-refractivity contribution in [1.29, 1.82) is 0 Å². The second-order valence-electron chi connectivity index (χ2n) is 3.04. The summed E-state index contributed by atoms with van der Waals surface area (Å²) in [5, 5.41) is 0. The van der Waals surface area contributed by atoms with Crippen molar-refractivity contribution in [2.75, 3.05) is 13.7 Å². The molecule has 0 aromatic heterocycles. The van der Waals surface area contributed by atoms with Gasteiger partial charge in [0.2, 0.25) is 0 Å². The van der Waals surface area contributed by atoms with Gasteiger partial charge in [-0.1, -0.05) is 12.1 Å². The van der Waals surface area contributed by atoms with E-state index in [4.69, 9.17) is 9.47 Å². The fraction of sp³-hybridized carbons (Fsp3) is 0.364. The second-order valence-corrected chi connectivity index (χ2v) is 3.04. The molecule has 0 radical (unpaired) electrons. The molecule has 0 saturated carbocycles. The minimum absolute atomic E-state index is 0.0403. The number of benzene rings is 1. The molecule has 3 nitrogen and oxygen atoms in total. The highest BCUT2D eigenvalue weighted by Gasteiger charge is 1.96. The Balaban J connectivity index is 2.40. The van der Waals surface area contributed by atoms with Crippen molar-refractivity contribution in [1.82, 2.24) is 0 Å². The van der Waals surface area contributed by atoms with E-state index >= 15 is 0 Å². The molecular weight excluding hydrogens is 183 g/mol. The molecule has 76 valence electrons. The monoisotopic (exact) mass is 197 g/mol. The van der Waals surface area contributed by atoms with Gasteiger partial charge in [0.05, 0.1) is 13.7 Å². The van der Waals surface area contributed by atoms with Crippen LogP contribution < -0.4 is 4.74 Å². The highest BCUT2D eigenvalue weighted by Crippen LogP contribution is 2.11. The zero-order valence-electron chi connectivity index (χ0n) is 8.45. The smallest absolute Gasteiger partial charge is 0.155 e. The molecule has 0 spiro atoms. The van der Waals surface area contributed by atoms with Crippen molar-refractivity contribution >= 4 is 5.78 Å². The Morgan fingerprint density at radius 1 is 1.29 bits per heavy atom. The molecular formula is C11H14O3. The molecule has 1 aromatic carbocycles. The van der Waals surface area contributed by atoms with E-state index in [1.54, 1.807) is 7.11 Å². The molecule has 0 aliphatic heterocycles. The summed E-state index contributed by atoms with van der Waals surface area (Å²) >= 11 is 0. The summed E-state index contributed by atoms with van der Waals surface area (Å²) < 4.78 is 10.2. The average Bonchev–Trinajstić information content (AvgIpc) is 2.18. The van der Waals surface area contributed by atoms with Crippen LogP contribution in [-0.2, 0) is 16.1 Å². The zero-order valence-corrected chi connectivity index (χ0v) is 8.45. The van der Waals surface area contributed by atoms with E-state index in [-0.39, 0.29) is 12.4 Å². The summed E-state index contributed by atoms with van der Waals surface area (Å²) in [6, 6.07) is 7.57. The Bertz CT molecular complexity index is 290. The molecule has 0 bridgehead atoms. The van der Waals surface area contributed by atoms with Crippen molar-refractivity contribution in [3.05, 3.63) is 29.8 Å². The summed E-state index contributed by atoms with van der Waals surface area (Å²) in [6.07, 6.45) is 0. The van der Waals surface area contributed by atoms with Gasteiger partial charge in [0.25, 0.3) is 0 Å². The molecule has 0 N–H and O–H groups in total. The first-order valence-corrected chi connectivity index (χ1v) is 4.42. The number of ketones is 1. The lowest BCUT2D eigenvalue weighted by Crippen LogP contribution is -2.03. The predicted molar refractivity (Wildman–Crippen MR) is 53.3 cm³/mol. The number of hydrogen-bond donors (Lipinski definition) is 0. The molecule has 0 fully saturated rings. The maximum atomic E-state index is 10.6. The molecule has 3 heteroatoms. The van der Waals surface area contributed by atoms with Gasteiger partial charge in [0.1, 0.15) is 12.4 Å². The summed E-state index contributed by atoms with van der Waals surface area (Å²) in [5.41, 5.74) is 1.03. The highest BCUT2D eigenvalue weighted by molar-refractivity contribution is 5.76. The normalized spacial score (nSPS) is 9.86. The fourth-order valence-corrected chi connectivity index (χ4v) is 1.03. The highest BCUT2D eigenvalue weighted by atomic mass is 16.6. The van der Waals surface area contributed by atoms with Crippen LogP contribution in [0.3, 0.4) is 0 Å². The number of Topliss-reactive ketones (excluding diaryl/α,β-unsaturated/α-hetero) is 1. The third-order valence-corrected chi connectivity index (χ3v) is 1.73. The second kappa shape index (κ2) is 5.40. The molecule has 0 heterocycles. The SMILES string of the molecule is COc1ccc(CO[13CH2][13C]([13CH3])=O)cc1. The number of hydrogen-bond acceptors (Lipinski definition) is 3. The standard InChI is InChI=1S/C11H14O3/c1-9(12)7-14-8-10-3-5-11(13-2)6-4-10/h3-6H,7-8H2,1-2H3/i1+1,7+1,9+1. The lowest BCUT2D eigenvalue weighted by Gasteiger charge is -2.03. The Morgan fingerprint density at radius 2 is 1.93 bits per heavy atom. The maximum absolute atomic E-state index is 10.6. The van der Waals surface area contributed by atoms with Crippen molar-refractivity contribution < 1.29 is 14.3 Å². The van der Waals surface area contributed by atoms with Gasteiger partial charge in [-0.15, -0.1) is 0 Å². The van der Waals surface area contributed by atoms with Gasteiger partial charge in [0, 0.05) is 0 Å². The van der Waals surface area contributed by atoms with Crippen molar-refractivity contribution in [3.8, 4) is 5.75 Å². The summed E-state index contributed by atoms with van der Waals surface area (Å²) in [4.78, 5) is 10.6. The largest absolute Gasteiger partial charge is 0.497 e. The van der Waals surface area contributed by atoms with Gasteiger partial charge in [-0.2, -0.15) is 0 Å². The molecule has 0 aliphatic rings. The summed E-state index contributed by atoms with van der Waals surface area (Å²) in [5.74, 6) is 0.860. The quantitative estimate of drug-likeness (QED) is 0.675. The third kappa shape index (κ3) is 3.58. The number of carbonyl (C=O) groups excluding carboxylic acids is 1. The Morgan fingerprint density at radius 3 is 2.43 bits per heavy atom. The van der Waals surface area contributed by atoms with Crippen LogP contribution in [0.1, 0.15) is 12.5 Å². The van der Waals surface area contributed by atoms with Gasteiger partial charge in [-0.3, -0.25) is 4.79 Å². The third-order valence-electron chi connectivity index (χ3n) is 1.73. The van der Waals surface area contributed by atoms with Gasteiger partial charge < -0.3 is 9.47 Å². The molecule has 1 rings (SSSR count). The number of methoxy groups -OCH3 is 1. The van der Waals surface area contributed by atoms with Crippen molar-refractivity contribution in [2.24, 2.45) is 0 Å². The van der Waals surface area contributed by atoms with Crippen molar-refractivity contribution in [3.63, 3.8) is 0 Å². The number of carbonyl (C=O) groups is 1. The minimum Gasteiger partial charge on any atom is -0.497 e. The van der Waals surface area contributed by atoms with Crippen LogP contribution in [-0.4, -0.2) is 19.5 Å². The van der Waals surface area contributed by atoms with E-state index in [2.05, 4.69) is 0 Å². The van der Waals surface area contributed by atoms with E-state index in [0.29, 0.717) is 6.61 Å². The van der Waals surface area contributed by atoms with E-state index in [0.717, 1.165) is 11.3 Å². The average molecular weight is 197 g/mol. The van der Waals surface area contributed by atoms with Gasteiger partial charge >= 0.3 is 0 Å². The maximum Gasteiger partial charge on any atom is 0.155 e. The summed E-state index contributed by atoms with van der Waals surface area (Å²) in [6.45, 7) is 2.14. The van der Waals surface area contributed by atoms with Gasteiger partial charge in [-0.05, 0) is 24.6 Å². The molecule has 0 atom stereocenters. The molecule has 0 unspecified atom stereocenters. The Kier molecular flexibility index (Phi) is 4.13. The summed E-state index contributed by atoms with van der Waals surface area (Å²) in [7, 11) is 1.63. The van der Waals surface area contributed by atoms with Gasteiger partial charge in [0.15, 0.2) is 5.78 Å². The van der Waals surface area contributed by atoms with Gasteiger partial charge in [-0.25, -0.2) is 0 Å². The molecule has 1 aromatic rings. The van der Waals surface area contributed by atoms with Crippen LogP contribution in [0.5, 0.6) is 5.75 Å². The zero-order chi connectivity index (χ0) is 10.4. The van der Waals surface area contributed by atoms with Crippen molar-refractivity contribution in [2.45, 2.75) is 13.5 Å². The number of rotatable bonds is 5.